The van der Waals surface area contributed by atoms with E-state index in [1.807, 2.05) is 6.92 Å². The third kappa shape index (κ3) is 5.20. The molecule has 2 aliphatic rings. The molecule has 124 valence electrons. The van der Waals surface area contributed by atoms with Crippen molar-refractivity contribution in [3.8, 4) is 0 Å². The van der Waals surface area contributed by atoms with Crippen LogP contribution in [0.1, 0.15) is 39.0 Å². The predicted molar refractivity (Wildman–Crippen MR) is 86.9 cm³/mol. The van der Waals surface area contributed by atoms with Gasteiger partial charge in [0.15, 0.2) is 0 Å². The van der Waals surface area contributed by atoms with Crippen LogP contribution in [0, 0.1) is 5.92 Å². The number of hydrogen-bond donors (Lipinski definition) is 1. The quantitative estimate of drug-likeness (QED) is 0.798. The zero-order valence-electron chi connectivity index (χ0n) is 13.6. The van der Waals surface area contributed by atoms with Gasteiger partial charge in [0.25, 0.3) is 0 Å². The van der Waals surface area contributed by atoms with E-state index in [4.69, 9.17) is 0 Å². The van der Waals surface area contributed by atoms with E-state index in [0.717, 1.165) is 25.3 Å². The van der Waals surface area contributed by atoms with E-state index in [1.165, 1.54) is 25.9 Å². The second-order valence-electron chi connectivity index (χ2n) is 6.67. The van der Waals surface area contributed by atoms with Gasteiger partial charge in [-0.3, -0.25) is 0 Å². The number of likely N-dealkylation sites (tertiary alicyclic amines) is 1. The number of piperidine rings is 2. The van der Waals surface area contributed by atoms with Gasteiger partial charge in [-0.05, 0) is 58.2 Å². The largest absolute Gasteiger partial charge is 0.314 e. The van der Waals surface area contributed by atoms with Crippen LogP contribution < -0.4 is 5.32 Å². The smallest absolute Gasteiger partial charge is 0.214 e. The second kappa shape index (κ2) is 7.90. The Morgan fingerprint density at radius 1 is 1.14 bits per heavy atom. The summed E-state index contributed by atoms with van der Waals surface area (Å²) < 4.78 is 25.8. The highest BCUT2D eigenvalue weighted by molar-refractivity contribution is 7.89. The maximum atomic E-state index is 12.0. The average molecular weight is 317 g/mol. The lowest BCUT2D eigenvalue weighted by molar-refractivity contribution is 0.195. The Morgan fingerprint density at radius 3 is 2.48 bits per heavy atom. The number of nitrogens with one attached hydrogen (secondary N) is 1. The Labute approximate surface area is 130 Å². The standard InChI is InChI=1S/C15H31N3O2S/c1-3-11-21(19,20)18-9-6-15(7-10-18)16-12-14-5-4-8-17(2)13-14/h14-16H,3-13H2,1-2H3. The lowest BCUT2D eigenvalue weighted by Crippen LogP contribution is -2.47. The molecule has 2 fully saturated rings. The molecule has 0 spiro atoms. The molecule has 0 aliphatic carbocycles. The van der Waals surface area contributed by atoms with Crippen LogP contribution in [-0.4, -0.2) is 69.2 Å². The van der Waals surface area contributed by atoms with Crippen molar-refractivity contribution in [1.82, 2.24) is 14.5 Å². The van der Waals surface area contributed by atoms with Crippen molar-refractivity contribution in [1.29, 1.82) is 0 Å². The lowest BCUT2D eigenvalue weighted by atomic mass is 9.97. The minimum atomic E-state index is -3.00. The zero-order chi connectivity index (χ0) is 15.3. The van der Waals surface area contributed by atoms with Crippen molar-refractivity contribution >= 4 is 10.0 Å². The predicted octanol–water partition coefficient (Wildman–Crippen LogP) is 1.12. The molecular formula is C15H31N3O2S. The fourth-order valence-electron chi connectivity index (χ4n) is 3.50. The molecule has 0 saturated carbocycles. The molecule has 0 aromatic rings. The van der Waals surface area contributed by atoms with E-state index in [1.54, 1.807) is 4.31 Å². The van der Waals surface area contributed by atoms with E-state index in [0.29, 0.717) is 31.3 Å². The molecule has 5 nitrogen and oxygen atoms in total. The maximum Gasteiger partial charge on any atom is 0.214 e. The summed E-state index contributed by atoms with van der Waals surface area (Å²) in [5.74, 6) is 1.05. The molecule has 2 heterocycles. The van der Waals surface area contributed by atoms with Crippen molar-refractivity contribution in [3.05, 3.63) is 0 Å². The Balaban J connectivity index is 1.69. The fourth-order valence-corrected chi connectivity index (χ4v) is 5.04. The first kappa shape index (κ1) is 17.2. The Hall–Kier alpha value is -0.170. The molecule has 1 atom stereocenters. The zero-order valence-corrected chi connectivity index (χ0v) is 14.4. The summed E-state index contributed by atoms with van der Waals surface area (Å²) in [5, 5.41) is 3.67. The van der Waals surface area contributed by atoms with E-state index >= 15 is 0 Å². The molecule has 21 heavy (non-hydrogen) atoms. The van der Waals surface area contributed by atoms with Crippen LogP contribution in [-0.2, 0) is 10.0 Å². The molecular weight excluding hydrogens is 286 g/mol. The van der Waals surface area contributed by atoms with E-state index in [9.17, 15) is 8.42 Å². The number of nitrogens with zero attached hydrogens (tertiary/aromatic N) is 2. The van der Waals surface area contributed by atoms with Crippen molar-refractivity contribution < 1.29 is 8.42 Å². The van der Waals surface area contributed by atoms with Crippen LogP contribution in [0.5, 0.6) is 0 Å². The molecule has 0 aromatic carbocycles. The molecule has 0 radical (unpaired) electrons. The lowest BCUT2D eigenvalue weighted by Gasteiger charge is -2.34. The highest BCUT2D eigenvalue weighted by Gasteiger charge is 2.27. The molecule has 2 aliphatic heterocycles. The van der Waals surface area contributed by atoms with E-state index in [2.05, 4.69) is 17.3 Å². The molecule has 6 heteroatoms. The van der Waals surface area contributed by atoms with Gasteiger partial charge in [0.05, 0.1) is 5.75 Å². The number of rotatable bonds is 6. The number of hydrogen-bond acceptors (Lipinski definition) is 4. The number of sulfonamides is 1. The monoisotopic (exact) mass is 317 g/mol. The van der Waals surface area contributed by atoms with Gasteiger partial charge in [0, 0.05) is 25.7 Å². The van der Waals surface area contributed by atoms with Gasteiger partial charge in [-0.1, -0.05) is 6.92 Å². The normalized spacial score (nSPS) is 27.0. The molecule has 1 unspecified atom stereocenters. The van der Waals surface area contributed by atoms with Crippen molar-refractivity contribution in [2.45, 2.75) is 45.1 Å². The van der Waals surface area contributed by atoms with E-state index < -0.39 is 10.0 Å². The summed E-state index contributed by atoms with van der Waals surface area (Å²) in [7, 11) is -0.803. The Kier molecular flexibility index (Phi) is 6.47. The Bertz CT molecular complexity index is 405. The second-order valence-corrected chi connectivity index (χ2v) is 8.76. The first-order chi connectivity index (χ1) is 10.0. The van der Waals surface area contributed by atoms with Crippen molar-refractivity contribution in [2.75, 3.05) is 45.5 Å². The van der Waals surface area contributed by atoms with Gasteiger partial charge in [-0.25, -0.2) is 12.7 Å². The topological polar surface area (TPSA) is 52.7 Å². The third-order valence-corrected chi connectivity index (χ3v) is 6.80. The summed E-state index contributed by atoms with van der Waals surface area (Å²) in [4.78, 5) is 2.41. The minimum Gasteiger partial charge on any atom is -0.314 e. The summed E-state index contributed by atoms with van der Waals surface area (Å²) in [6, 6.07) is 0.491. The summed E-state index contributed by atoms with van der Waals surface area (Å²) >= 11 is 0. The highest BCUT2D eigenvalue weighted by atomic mass is 32.2. The van der Waals surface area contributed by atoms with Crippen molar-refractivity contribution in [2.24, 2.45) is 5.92 Å². The molecule has 2 saturated heterocycles. The van der Waals surface area contributed by atoms with Crippen LogP contribution in [0.25, 0.3) is 0 Å². The fraction of sp³-hybridized carbons (Fsp3) is 1.00. The summed E-state index contributed by atoms with van der Waals surface area (Å²) in [6.45, 7) is 6.79. The first-order valence-corrected chi connectivity index (χ1v) is 10.0. The molecule has 0 amide bonds. The molecule has 0 bridgehead atoms. The van der Waals surface area contributed by atoms with E-state index in [-0.39, 0.29) is 0 Å². The summed E-state index contributed by atoms with van der Waals surface area (Å²) in [5.41, 5.74) is 0. The first-order valence-electron chi connectivity index (χ1n) is 8.41. The molecule has 0 aromatic heterocycles. The van der Waals surface area contributed by atoms with Crippen LogP contribution in [0.15, 0.2) is 0 Å². The van der Waals surface area contributed by atoms with Gasteiger partial charge < -0.3 is 10.2 Å². The third-order valence-electron chi connectivity index (χ3n) is 4.73. The van der Waals surface area contributed by atoms with Gasteiger partial charge in [0.1, 0.15) is 0 Å². The van der Waals surface area contributed by atoms with Crippen LogP contribution in [0.2, 0.25) is 0 Å². The average Bonchev–Trinajstić information content (AvgIpc) is 2.46. The van der Waals surface area contributed by atoms with Gasteiger partial charge in [0.2, 0.25) is 10.0 Å². The van der Waals surface area contributed by atoms with Crippen LogP contribution in [0.3, 0.4) is 0 Å². The van der Waals surface area contributed by atoms with Crippen molar-refractivity contribution in [3.63, 3.8) is 0 Å². The molecule has 2 rings (SSSR count). The molecule has 1 N–H and O–H groups in total. The van der Waals surface area contributed by atoms with Crippen LogP contribution >= 0.6 is 0 Å². The highest BCUT2D eigenvalue weighted by Crippen LogP contribution is 2.17. The SMILES string of the molecule is CCCS(=O)(=O)N1CCC(NCC2CCCN(C)C2)CC1. The minimum absolute atomic E-state index is 0.291. The van der Waals surface area contributed by atoms with Gasteiger partial charge >= 0.3 is 0 Å². The van der Waals surface area contributed by atoms with Gasteiger partial charge in [-0.15, -0.1) is 0 Å². The maximum absolute atomic E-state index is 12.0. The Morgan fingerprint density at radius 2 is 1.86 bits per heavy atom. The van der Waals surface area contributed by atoms with Gasteiger partial charge in [-0.2, -0.15) is 0 Å². The van der Waals surface area contributed by atoms with Crippen LogP contribution in [0.4, 0.5) is 0 Å². The summed E-state index contributed by atoms with van der Waals surface area (Å²) in [6.07, 6.45) is 5.23.